The van der Waals surface area contributed by atoms with Gasteiger partial charge in [0.15, 0.2) is 0 Å². The van der Waals surface area contributed by atoms with Crippen LogP contribution in [0.3, 0.4) is 0 Å². The summed E-state index contributed by atoms with van der Waals surface area (Å²) in [5.74, 6) is -0.520. The molecule has 0 unspecified atom stereocenters. The molecule has 62 valence electrons. The van der Waals surface area contributed by atoms with E-state index in [4.69, 9.17) is 0 Å². The lowest BCUT2D eigenvalue weighted by Gasteiger charge is -2.01. The highest BCUT2D eigenvalue weighted by atomic mass is 16.2. The van der Waals surface area contributed by atoms with E-state index in [1.165, 1.54) is 7.05 Å². The number of likely N-dealkylation sites (N-methyl/N-ethyl adjacent to an activating group) is 1. The van der Waals surface area contributed by atoms with Crippen molar-refractivity contribution < 1.29 is 9.59 Å². The highest BCUT2D eigenvalue weighted by molar-refractivity contribution is 5.94. The van der Waals surface area contributed by atoms with Crippen molar-refractivity contribution in [1.82, 2.24) is 10.6 Å². The van der Waals surface area contributed by atoms with Gasteiger partial charge in [0.25, 0.3) is 0 Å². The van der Waals surface area contributed by atoms with Gasteiger partial charge in [0.1, 0.15) is 0 Å². The van der Waals surface area contributed by atoms with Crippen LogP contribution in [0.1, 0.15) is 6.92 Å². The smallest absolute Gasteiger partial charge is 0.246 e. The summed E-state index contributed by atoms with van der Waals surface area (Å²) in [7, 11) is 1.51. The van der Waals surface area contributed by atoms with E-state index in [0.29, 0.717) is 5.57 Å². The maximum Gasteiger partial charge on any atom is 0.246 e. The molecule has 0 spiro atoms. The van der Waals surface area contributed by atoms with Gasteiger partial charge < -0.3 is 10.6 Å². The summed E-state index contributed by atoms with van der Waals surface area (Å²) in [5, 5.41) is 4.76. The molecule has 0 rings (SSSR count). The summed E-state index contributed by atoms with van der Waals surface area (Å²) < 4.78 is 0. The van der Waals surface area contributed by atoms with E-state index in [2.05, 4.69) is 17.2 Å². The van der Waals surface area contributed by atoms with Gasteiger partial charge >= 0.3 is 0 Å². The Kier molecular flexibility index (Phi) is 3.95. The van der Waals surface area contributed by atoms with E-state index in [1.54, 1.807) is 6.92 Å². The standard InChI is InChI=1S/C7H12N2O2/c1-5(2)7(11)9-4-6(10)8-3/h1,4H2,2-3H3,(H,8,10)(H,9,11). The van der Waals surface area contributed by atoms with Crippen molar-refractivity contribution in [2.75, 3.05) is 13.6 Å². The molecule has 4 heteroatoms. The molecule has 0 fully saturated rings. The van der Waals surface area contributed by atoms with Crippen molar-refractivity contribution >= 4 is 11.8 Å². The van der Waals surface area contributed by atoms with Crippen molar-refractivity contribution in [1.29, 1.82) is 0 Å². The van der Waals surface area contributed by atoms with Gasteiger partial charge in [-0.2, -0.15) is 0 Å². The first kappa shape index (κ1) is 9.68. The molecule has 0 heterocycles. The highest BCUT2D eigenvalue weighted by Crippen LogP contribution is 1.83. The predicted octanol–water partition coefficient (Wildman–Crippen LogP) is -0.575. The minimum atomic E-state index is -0.298. The second kappa shape index (κ2) is 4.49. The van der Waals surface area contributed by atoms with E-state index < -0.39 is 0 Å². The third kappa shape index (κ3) is 4.13. The Morgan fingerprint density at radius 1 is 1.45 bits per heavy atom. The summed E-state index contributed by atoms with van der Waals surface area (Å²) in [6, 6.07) is 0. The molecule has 0 atom stereocenters. The monoisotopic (exact) mass is 156 g/mol. The van der Waals surface area contributed by atoms with Crippen LogP contribution >= 0.6 is 0 Å². The van der Waals surface area contributed by atoms with Crippen LogP contribution in [0.2, 0.25) is 0 Å². The van der Waals surface area contributed by atoms with Gasteiger partial charge in [-0.3, -0.25) is 9.59 Å². The molecule has 0 saturated heterocycles. The molecule has 0 aromatic rings. The summed E-state index contributed by atoms with van der Waals surface area (Å²) in [5.41, 5.74) is 0.397. The first-order chi connectivity index (χ1) is 5.07. The first-order valence-corrected chi connectivity index (χ1v) is 3.22. The van der Waals surface area contributed by atoms with Gasteiger partial charge in [0, 0.05) is 12.6 Å². The second-order valence-electron chi connectivity index (χ2n) is 2.14. The zero-order chi connectivity index (χ0) is 8.85. The topological polar surface area (TPSA) is 58.2 Å². The zero-order valence-electron chi connectivity index (χ0n) is 6.73. The molecule has 0 aliphatic heterocycles. The Morgan fingerprint density at radius 3 is 2.36 bits per heavy atom. The van der Waals surface area contributed by atoms with E-state index >= 15 is 0 Å². The summed E-state index contributed by atoms with van der Waals surface area (Å²) in [6.45, 7) is 5.00. The molecular weight excluding hydrogens is 144 g/mol. The molecule has 4 nitrogen and oxygen atoms in total. The SMILES string of the molecule is C=C(C)C(=O)NCC(=O)NC. The lowest BCUT2D eigenvalue weighted by molar-refractivity contribution is -0.123. The fourth-order valence-corrected chi connectivity index (χ4v) is 0.400. The average molecular weight is 156 g/mol. The lowest BCUT2D eigenvalue weighted by Crippen LogP contribution is -2.35. The molecule has 0 saturated carbocycles. The minimum absolute atomic E-state index is 0.00218. The van der Waals surface area contributed by atoms with Gasteiger partial charge in [-0.05, 0) is 6.92 Å². The van der Waals surface area contributed by atoms with Crippen LogP contribution in [-0.2, 0) is 9.59 Å². The van der Waals surface area contributed by atoms with Gasteiger partial charge in [0.05, 0.1) is 6.54 Å². The summed E-state index contributed by atoms with van der Waals surface area (Å²) >= 11 is 0. The van der Waals surface area contributed by atoms with Crippen molar-refractivity contribution in [2.24, 2.45) is 0 Å². The maximum absolute atomic E-state index is 10.8. The van der Waals surface area contributed by atoms with Crippen molar-refractivity contribution in [3.8, 4) is 0 Å². The van der Waals surface area contributed by atoms with Crippen LogP contribution in [0.15, 0.2) is 12.2 Å². The van der Waals surface area contributed by atoms with E-state index in [1.807, 2.05) is 0 Å². The number of carbonyl (C=O) groups excluding carboxylic acids is 2. The van der Waals surface area contributed by atoms with Gasteiger partial charge in [-0.1, -0.05) is 6.58 Å². The molecule has 0 aliphatic rings. The largest absolute Gasteiger partial charge is 0.358 e. The number of rotatable bonds is 3. The van der Waals surface area contributed by atoms with Crippen LogP contribution in [-0.4, -0.2) is 25.4 Å². The number of hydrogen-bond donors (Lipinski definition) is 2. The summed E-state index contributed by atoms with van der Waals surface area (Å²) in [6.07, 6.45) is 0. The van der Waals surface area contributed by atoms with Crippen molar-refractivity contribution in [3.05, 3.63) is 12.2 Å². The highest BCUT2D eigenvalue weighted by Gasteiger charge is 2.02. The predicted molar refractivity (Wildman–Crippen MR) is 41.9 cm³/mol. The van der Waals surface area contributed by atoms with E-state index in [9.17, 15) is 9.59 Å². The van der Waals surface area contributed by atoms with Crippen LogP contribution in [0.5, 0.6) is 0 Å². The van der Waals surface area contributed by atoms with Crippen LogP contribution < -0.4 is 10.6 Å². The number of amides is 2. The quantitative estimate of drug-likeness (QED) is 0.537. The second-order valence-corrected chi connectivity index (χ2v) is 2.14. The molecule has 0 bridgehead atoms. The number of nitrogens with one attached hydrogen (secondary N) is 2. The average Bonchev–Trinajstić information content (AvgIpc) is 1.99. The van der Waals surface area contributed by atoms with Crippen molar-refractivity contribution in [3.63, 3.8) is 0 Å². The Labute approximate surface area is 65.7 Å². The van der Waals surface area contributed by atoms with Gasteiger partial charge in [-0.15, -0.1) is 0 Å². The van der Waals surface area contributed by atoms with Crippen LogP contribution in [0.4, 0.5) is 0 Å². The maximum atomic E-state index is 10.8. The fourth-order valence-electron chi connectivity index (χ4n) is 0.400. The van der Waals surface area contributed by atoms with E-state index in [-0.39, 0.29) is 18.4 Å². The Bertz CT molecular complexity index is 187. The first-order valence-electron chi connectivity index (χ1n) is 3.22. The summed E-state index contributed by atoms with van der Waals surface area (Å²) in [4.78, 5) is 21.4. The number of carbonyl (C=O) groups is 2. The van der Waals surface area contributed by atoms with Crippen LogP contribution in [0.25, 0.3) is 0 Å². The third-order valence-corrected chi connectivity index (χ3v) is 1.08. The molecule has 0 radical (unpaired) electrons. The van der Waals surface area contributed by atoms with Gasteiger partial charge in [-0.25, -0.2) is 0 Å². The number of hydrogen-bond acceptors (Lipinski definition) is 2. The van der Waals surface area contributed by atoms with Crippen LogP contribution in [0, 0.1) is 0 Å². The third-order valence-electron chi connectivity index (χ3n) is 1.08. The molecule has 0 aromatic heterocycles. The Hall–Kier alpha value is -1.32. The molecule has 2 amide bonds. The molecular formula is C7H12N2O2. The fraction of sp³-hybridized carbons (Fsp3) is 0.429. The normalized spacial score (nSPS) is 8.55. The van der Waals surface area contributed by atoms with Crippen molar-refractivity contribution in [2.45, 2.75) is 6.92 Å². The Balaban J connectivity index is 3.63. The zero-order valence-corrected chi connectivity index (χ0v) is 6.73. The molecule has 0 aromatic carbocycles. The lowest BCUT2D eigenvalue weighted by atomic mass is 10.3. The molecule has 0 aliphatic carbocycles. The Morgan fingerprint density at radius 2 is 2.00 bits per heavy atom. The van der Waals surface area contributed by atoms with Gasteiger partial charge in [0.2, 0.25) is 11.8 Å². The van der Waals surface area contributed by atoms with E-state index in [0.717, 1.165) is 0 Å². The molecule has 11 heavy (non-hydrogen) atoms. The minimum Gasteiger partial charge on any atom is -0.358 e. The molecule has 2 N–H and O–H groups in total.